The third kappa shape index (κ3) is 3.79. The molecule has 132 valence electrons. The van der Waals surface area contributed by atoms with E-state index in [0.717, 1.165) is 61.5 Å². The number of nitrogens with zero attached hydrogens (tertiary/aromatic N) is 3. The van der Waals surface area contributed by atoms with Gasteiger partial charge in [-0.15, -0.1) is 11.3 Å². The first-order valence-electron chi connectivity index (χ1n) is 9.01. The van der Waals surface area contributed by atoms with Crippen molar-refractivity contribution in [2.75, 3.05) is 20.1 Å². The highest BCUT2D eigenvalue weighted by molar-refractivity contribution is 7.11. The Hall–Kier alpha value is -1.43. The van der Waals surface area contributed by atoms with Crippen LogP contribution in [-0.2, 0) is 16.1 Å². The van der Waals surface area contributed by atoms with Crippen molar-refractivity contribution in [2.24, 2.45) is 11.8 Å². The molecule has 1 saturated carbocycles. The van der Waals surface area contributed by atoms with Crippen molar-refractivity contribution in [3.63, 3.8) is 0 Å². The number of amides is 2. The highest BCUT2D eigenvalue weighted by Gasteiger charge is 2.39. The van der Waals surface area contributed by atoms with Gasteiger partial charge in [0.2, 0.25) is 11.8 Å². The van der Waals surface area contributed by atoms with Gasteiger partial charge in [-0.1, -0.05) is 12.8 Å². The van der Waals surface area contributed by atoms with Crippen molar-refractivity contribution < 1.29 is 9.59 Å². The van der Waals surface area contributed by atoms with Crippen LogP contribution in [0.3, 0.4) is 0 Å². The fourth-order valence-corrected chi connectivity index (χ4v) is 4.82. The van der Waals surface area contributed by atoms with Crippen LogP contribution in [-0.4, -0.2) is 46.7 Å². The number of rotatable bonds is 4. The first-order chi connectivity index (χ1) is 11.6. The Bertz CT molecular complexity index is 595. The van der Waals surface area contributed by atoms with Crippen molar-refractivity contribution in [1.29, 1.82) is 0 Å². The molecule has 2 heterocycles. The number of hydrogen-bond acceptors (Lipinski definition) is 4. The average molecular weight is 350 g/mol. The standard InChI is InChI=1S/C18H27N3O2S/c1-13-19-11-14(24-13)12-20(2)17(22)15-7-3-4-8-16(15)18(23)21-9-5-6-10-21/h11,15-16H,3-10,12H2,1-2H3/t15-,16+/m0/s1. The molecule has 3 rings (SSSR count). The van der Waals surface area contributed by atoms with Gasteiger partial charge in [0.05, 0.1) is 11.6 Å². The van der Waals surface area contributed by atoms with Gasteiger partial charge < -0.3 is 9.80 Å². The lowest BCUT2D eigenvalue weighted by molar-refractivity contribution is -0.147. The number of thiazole rings is 1. The average Bonchev–Trinajstić information content (AvgIpc) is 3.25. The van der Waals surface area contributed by atoms with Gasteiger partial charge in [-0.25, -0.2) is 4.98 Å². The number of aryl methyl sites for hydroxylation is 1. The molecule has 1 aliphatic carbocycles. The summed E-state index contributed by atoms with van der Waals surface area (Å²) in [5.41, 5.74) is 0. The third-order valence-electron chi connectivity index (χ3n) is 5.26. The second kappa shape index (κ2) is 7.64. The minimum absolute atomic E-state index is 0.116. The molecule has 1 saturated heterocycles. The Morgan fingerprint density at radius 1 is 1.21 bits per heavy atom. The minimum atomic E-state index is -0.147. The fourth-order valence-electron chi connectivity index (χ4n) is 3.97. The predicted molar refractivity (Wildman–Crippen MR) is 94.6 cm³/mol. The summed E-state index contributed by atoms with van der Waals surface area (Å²) in [7, 11) is 1.85. The molecule has 0 N–H and O–H groups in total. The highest BCUT2D eigenvalue weighted by Crippen LogP contribution is 2.34. The highest BCUT2D eigenvalue weighted by atomic mass is 32.1. The molecule has 5 nitrogen and oxygen atoms in total. The van der Waals surface area contributed by atoms with Crippen LogP contribution in [0.2, 0.25) is 0 Å². The molecule has 2 amide bonds. The maximum atomic E-state index is 13.0. The van der Waals surface area contributed by atoms with Crippen molar-refractivity contribution in [3.05, 3.63) is 16.1 Å². The molecule has 0 spiro atoms. The van der Waals surface area contributed by atoms with Gasteiger partial charge in [-0.05, 0) is 32.6 Å². The maximum absolute atomic E-state index is 13.0. The Labute approximate surface area is 148 Å². The van der Waals surface area contributed by atoms with Gasteiger partial charge in [0, 0.05) is 43.0 Å². The van der Waals surface area contributed by atoms with E-state index in [4.69, 9.17) is 0 Å². The summed E-state index contributed by atoms with van der Waals surface area (Å²) in [6, 6.07) is 0. The van der Waals surface area contributed by atoms with Crippen LogP contribution >= 0.6 is 11.3 Å². The molecule has 6 heteroatoms. The normalized spacial score (nSPS) is 24.2. The van der Waals surface area contributed by atoms with E-state index in [1.807, 2.05) is 25.1 Å². The second-order valence-corrected chi connectivity index (χ2v) is 8.39. The number of carbonyl (C=O) groups excluding carboxylic acids is 2. The van der Waals surface area contributed by atoms with Gasteiger partial charge in [-0.2, -0.15) is 0 Å². The summed E-state index contributed by atoms with van der Waals surface area (Å²) in [6.07, 6.45) is 7.86. The molecule has 1 aliphatic heterocycles. The molecule has 0 aromatic carbocycles. The Morgan fingerprint density at radius 3 is 2.50 bits per heavy atom. The molecule has 0 unspecified atom stereocenters. The molecule has 2 aliphatic rings. The van der Waals surface area contributed by atoms with Gasteiger partial charge in [0.15, 0.2) is 0 Å². The van der Waals surface area contributed by atoms with E-state index in [1.54, 1.807) is 16.2 Å². The van der Waals surface area contributed by atoms with Crippen molar-refractivity contribution >= 4 is 23.2 Å². The lowest BCUT2D eigenvalue weighted by Crippen LogP contribution is -2.45. The summed E-state index contributed by atoms with van der Waals surface area (Å²) >= 11 is 1.63. The monoisotopic (exact) mass is 349 g/mol. The smallest absolute Gasteiger partial charge is 0.226 e. The molecule has 0 radical (unpaired) electrons. The molecular weight excluding hydrogens is 322 g/mol. The third-order valence-corrected chi connectivity index (χ3v) is 6.15. The zero-order valence-electron chi connectivity index (χ0n) is 14.7. The van der Waals surface area contributed by atoms with Crippen LogP contribution in [0.1, 0.15) is 48.4 Å². The molecule has 1 aromatic heterocycles. The first kappa shape index (κ1) is 17.4. The summed E-state index contributed by atoms with van der Waals surface area (Å²) in [5.74, 6) is 0.0757. The van der Waals surface area contributed by atoms with Gasteiger partial charge in [0.1, 0.15) is 0 Å². The van der Waals surface area contributed by atoms with E-state index < -0.39 is 0 Å². The van der Waals surface area contributed by atoms with Crippen molar-refractivity contribution in [1.82, 2.24) is 14.8 Å². The number of hydrogen-bond donors (Lipinski definition) is 0. The van der Waals surface area contributed by atoms with Crippen LogP contribution in [0.25, 0.3) is 0 Å². The molecular formula is C18H27N3O2S. The van der Waals surface area contributed by atoms with Gasteiger partial charge in [0.25, 0.3) is 0 Å². The maximum Gasteiger partial charge on any atom is 0.226 e. The first-order valence-corrected chi connectivity index (χ1v) is 9.83. The Morgan fingerprint density at radius 2 is 1.88 bits per heavy atom. The summed E-state index contributed by atoms with van der Waals surface area (Å²) in [6.45, 7) is 4.30. The summed E-state index contributed by atoms with van der Waals surface area (Å²) in [5, 5.41) is 1.02. The lowest BCUT2D eigenvalue weighted by Gasteiger charge is -2.34. The Kier molecular flexibility index (Phi) is 5.54. The minimum Gasteiger partial charge on any atom is -0.342 e. The Balaban J connectivity index is 1.67. The van der Waals surface area contributed by atoms with Crippen LogP contribution in [0.15, 0.2) is 6.20 Å². The quantitative estimate of drug-likeness (QED) is 0.840. The lowest BCUT2D eigenvalue weighted by atomic mass is 9.77. The second-order valence-electron chi connectivity index (χ2n) is 7.07. The molecule has 2 atom stereocenters. The van der Waals surface area contributed by atoms with Crippen LogP contribution in [0.5, 0.6) is 0 Å². The number of aromatic nitrogens is 1. The molecule has 0 bridgehead atoms. The fraction of sp³-hybridized carbons (Fsp3) is 0.722. The summed E-state index contributed by atoms with van der Waals surface area (Å²) in [4.78, 5) is 34.9. The van der Waals surface area contributed by atoms with E-state index in [0.29, 0.717) is 6.54 Å². The van der Waals surface area contributed by atoms with E-state index in [1.165, 1.54) is 0 Å². The van der Waals surface area contributed by atoms with Crippen LogP contribution < -0.4 is 0 Å². The van der Waals surface area contributed by atoms with Gasteiger partial charge in [-0.3, -0.25) is 9.59 Å². The van der Waals surface area contributed by atoms with E-state index in [9.17, 15) is 9.59 Å². The topological polar surface area (TPSA) is 53.5 Å². The predicted octanol–water partition coefficient (Wildman–Crippen LogP) is 2.84. The van der Waals surface area contributed by atoms with Crippen LogP contribution in [0.4, 0.5) is 0 Å². The van der Waals surface area contributed by atoms with Gasteiger partial charge >= 0.3 is 0 Å². The van der Waals surface area contributed by atoms with E-state index >= 15 is 0 Å². The zero-order chi connectivity index (χ0) is 17.1. The van der Waals surface area contributed by atoms with Crippen molar-refractivity contribution in [2.45, 2.75) is 52.0 Å². The molecule has 2 fully saturated rings. The zero-order valence-corrected chi connectivity index (χ0v) is 15.5. The largest absolute Gasteiger partial charge is 0.342 e. The number of carbonyl (C=O) groups is 2. The number of likely N-dealkylation sites (tertiary alicyclic amines) is 1. The summed E-state index contributed by atoms with van der Waals surface area (Å²) < 4.78 is 0. The molecule has 24 heavy (non-hydrogen) atoms. The van der Waals surface area contributed by atoms with Crippen LogP contribution in [0, 0.1) is 18.8 Å². The van der Waals surface area contributed by atoms with E-state index in [2.05, 4.69) is 4.98 Å². The van der Waals surface area contributed by atoms with Crippen molar-refractivity contribution in [3.8, 4) is 0 Å². The SMILES string of the molecule is Cc1ncc(CN(C)C(=O)[C@H]2CCCC[C@H]2C(=O)N2CCCC2)s1. The van der Waals surface area contributed by atoms with E-state index in [-0.39, 0.29) is 23.7 Å². The molecule has 1 aromatic rings.